The van der Waals surface area contributed by atoms with Crippen LogP contribution in [0.3, 0.4) is 0 Å². The SMILES string of the molecule is COc1ccc(-c2nc(C(=O)OCC(=O)NCc3ccccc3Cl)cs2)cc1. The zero-order valence-corrected chi connectivity index (χ0v) is 16.5. The Kier molecular flexibility index (Phi) is 6.62. The van der Waals surface area contributed by atoms with Crippen LogP contribution in [0, 0.1) is 0 Å². The number of hydrogen-bond donors (Lipinski definition) is 1. The summed E-state index contributed by atoms with van der Waals surface area (Å²) in [5, 5.41) is 5.50. The van der Waals surface area contributed by atoms with Gasteiger partial charge in [0, 0.05) is 22.5 Å². The summed E-state index contributed by atoms with van der Waals surface area (Å²) in [5.41, 5.74) is 1.81. The molecular weight excluding hydrogens is 400 g/mol. The van der Waals surface area contributed by atoms with Gasteiger partial charge >= 0.3 is 5.97 Å². The van der Waals surface area contributed by atoms with Crippen LogP contribution in [0.15, 0.2) is 53.9 Å². The van der Waals surface area contributed by atoms with Crippen molar-refractivity contribution in [1.29, 1.82) is 0 Å². The number of aromatic nitrogens is 1. The highest BCUT2D eigenvalue weighted by atomic mass is 35.5. The normalized spacial score (nSPS) is 10.4. The highest BCUT2D eigenvalue weighted by Gasteiger charge is 2.15. The van der Waals surface area contributed by atoms with Gasteiger partial charge < -0.3 is 14.8 Å². The summed E-state index contributed by atoms with van der Waals surface area (Å²) in [6, 6.07) is 14.5. The first kappa shape index (κ1) is 19.9. The third-order valence-electron chi connectivity index (χ3n) is 3.82. The summed E-state index contributed by atoms with van der Waals surface area (Å²) >= 11 is 7.35. The second-order valence-corrected chi connectivity index (χ2v) is 6.98. The first-order valence-corrected chi connectivity index (χ1v) is 9.60. The van der Waals surface area contributed by atoms with Crippen molar-refractivity contribution in [1.82, 2.24) is 10.3 Å². The lowest BCUT2D eigenvalue weighted by Crippen LogP contribution is -2.28. The molecular formula is C20H17ClN2O4S. The molecule has 0 radical (unpaired) electrons. The number of rotatable bonds is 7. The fourth-order valence-electron chi connectivity index (χ4n) is 2.33. The lowest BCUT2D eigenvalue weighted by molar-refractivity contribution is -0.124. The molecule has 0 aliphatic rings. The van der Waals surface area contributed by atoms with Gasteiger partial charge in [0.05, 0.1) is 7.11 Å². The number of ether oxygens (including phenoxy) is 2. The van der Waals surface area contributed by atoms with E-state index in [1.165, 1.54) is 11.3 Å². The average Bonchev–Trinajstić information content (AvgIpc) is 3.22. The Morgan fingerprint density at radius 1 is 1.14 bits per heavy atom. The van der Waals surface area contributed by atoms with E-state index < -0.39 is 18.5 Å². The molecule has 0 aliphatic heterocycles. The van der Waals surface area contributed by atoms with Crippen LogP contribution < -0.4 is 10.1 Å². The van der Waals surface area contributed by atoms with Crippen molar-refractivity contribution in [2.24, 2.45) is 0 Å². The molecule has 0 saturated heterocycles. The Labute approximate surface area is 171 Å². The maximum Gasteiger partial charge on any atom is 0.358 e. The minimum absolute atomic E-state index is 0.162. The summed E-state index contributed by atoms with van der Waals surface area (Å²) in [6.07, 6.45) is 0. The van der Waals surface area contributed by atoms with E-state index in [4.69, 9.17) is 21.1 Å². The third kappa shape index (κ3) is 5.09. The standard InChI is InChI=1S/C20H17ClN2O4S/c1-26-15-8-6-13(7-9-15)19-23-17(12-28-19)20(25)27-11-18(24)22-10-14-4-2-3-5-16(14)21/h2-9,12H,10-11H2,1H3,(H,22,24). The van der Waals surface area contributed by atoms with Crippen LogP contribution in [0.25, 0.3) is 10.6 Å². The van der Waals surface area contributed by atoms with Crippen LogP contribution in [0.1, 0.15) is 16.1 Å². The smallest absolute Gasteiger partial charge is 0.358 e. The number of halogens is 1. The largest absolute Gasteiger partial charge is 0.497 e. The molecule has 28 heavy (non-hydrogen) atoms. The van der Waals surface area contributed by atoms with Gasteiger partial charge in [0.15, 0.2) is 12.3 Å². The molecule has 8 heteroatoms. The van der Waals surface area contributed by atoms with Gasteiger partial charge in [-0.25, -0.2) is 9.78 Å². The molecule has 1 aromatic heterocycles. The van der Waals surface area contributed by atoms with E-state index in [1.807, 2.05) is 42.5 Å². The predicted molar refractivity (Wildman–Crippen MR) is 108 cm³/mol. The number of methoxy groups -OCH3 is 1. The summed E-state index contributed by atoms with van der Waals surface area (Å²) in [5.74, 6) is -0.328. The van der Waals surface area contributed by atoms with Crippen LogP contribution in [0.2, 0.25) is 5.02 Å². The average molecular weight is 417 g/mol. The van der Waals surface area contributed by atoms with Gasteiger partial charge in [0.25, 0.3) is 5.91 Å². The number of thiazole rings is 1. The fraction of sp³-hybridized carbons (Fsp3) is 0.150. The predicted octanol–water partition coefficient (Wildman–Crippen LogP) is 3.95. The van der Waals surface area contributed by atoms with Crippen molar-refractivity contribution in [2.45, 2.75) is 6.54 Å². The monoisotopic (exact) mass is 416 g/mol. The fourth-order valence-corrected chi connectivity index (χ4v) is 3.32. The summed E-state index contributed by atoms with van der Waals surface area (Å²) in [4.78, 5) is 28.3. The summed E-state index contributed by atoms with van der Waals surface area (Å²) in [7, 11) is 1.59. The van der Waals surface area contributed by atoms with Crippen LogP contribution in [-0.4, -0.2) is 30.6 Å². The van der Waals surface area contributed by atoms with Gasteiger partial charge in [-0.05, 0) is 35.9 Å². The molecule has 0 bridgehead atoms. The van der Waals surface area contributed by atoms with E-state index in [-0.39, 0.29) is 12.2 Å². The number of carbonyl (C=O) groups excluding carboxylic acids is 2. The molecule has 1 heterocycles. The maximum atomic E-state index is 12.1. The van der Waals surface area contributed by atoms with Gasteiger partial charge in [-0.1, -0.05) is 29.8 Å². The molecule has 0 atom stereocenters. The Balaban J connectivity index is 1.51. The van der Waals surface area contributed by atoms with Gasteiger partial charge in [0.1, 0.15) is 10.8 Å². The van der Waals surface area contributed by atoms with Crippen molar-refractivity contribution < 1.29 is 19.1 Å². The van der Waals surface area contributed by atoms with E-state index in [9.17, 15) is 9.59 Å². The third-order valence-corrected chi connectivity index (χ3v) is 5.08. The van der Waals surface area contributed by atoms with Crippen molar-refractivity contribution in [2.75, 3.05) is 13.7 Å². The van der Waals surface area contributed by atoms with Crippen LogP contribution in [0.5, 0.6) is 5.75 Å². The van der Waals surface area contributed by atoms with Crippen molar-refractivity contribution in [3.05, 3.63) is 70.2 Å². The number of carbonyl (C=O) groups is 2. The van der Waals surface area contributed by atoms with E-state index >= 15 is 0 Å². The Hall–Kier alpha value is -2.90. The molecule has 0 aliphatic carbocycles. The van der Waals surface area contributed by atoms with Gasteiger partial charge in [-0.2, -0.15) is 0 Å². The van der Waals surface area contributed by atoms with Crippen molar-refractivity contribution in [3.8, 4) is 16.3 Å². The second-order valence-electron chi connectivity index (χ2n) is 5.71. The molecule has 2 aromatic carbocycles. The molecule has 6 nitrogen and oxygen atoms in total. The van der Waals surface area contributed by atoms with Gasteiger partial charge in [-0.15, -0.1) is 11.3 Å². The quantitative estimate of drug-likeness (QED) is 0.590. The minimum Gasteiger partial charge on any atom is -0.497 e. The summed E-state index contributed by atoms with van der Waals surface area (Å²) in [6.45, 7) is -0.132. The molecule has 0 spiro atoms. The molecule has 3 aromatic rings. The summed E-state index contributed by atoms with van der Waals surface area (Å²) < 4.78 is 10.2. The second kappa shape index (κ2) is 9.34. The molecule has 1 amide bonds. The highest BCUT2D eigenvalue weighted by Crippen LogP contribution is 2.26. The van der Waals surface area contributed by atoms with Gasteiger partial charge in [-0.3, -0.25) is 4.79 Å². The number of nitrogens with zero attached hydrogens (tertiary/aromatic N) is 1. The topological polar surface area (TPSA) is 77.5 Å². The molecule has 1 N–H and O–H groups in total. The molecule has 0 unspecified atom stereocenters. The van der Waals surface area contributed by atoms with E-state index in [0.29, 0.717) is 10.0 Å². The lowest BCUT2D eigenvalue weighted by atomic mass is 10.2. The van der Waals surface area contributed by atoms with E-state index in [0.717, 1.165) is 16.9 Å². The molecule has 3 rings (SSSR count). The number of esters is 1. The number of amides is 1. The van der Waals surface area contributed by atoms with Crippen LogP contribution in [0.4, 0.5) is 0 Å². The van der Waals surface area contributed by atoms with Crippen molar-refractivity contribution >= 4 is 34.8 Å². The van der Waals surface area contributed by atoms with E-state index in [1.54, 1.807) is 18.6 Å². The Bertz CT molecular complexity index is 972. The minimum atomic E-state index is -0.649. The van der Waals surface area contributed by atoms with Gasteiger partial charge in [0.2, 0.25) is 0 Å². The maximum absolute atomic E-state index is 12.1. The molecule has 144 valence electrons. The zero-order valence-electron chi connectivity index (χ0n) is 15.0. The van der Waals surface area contributed by atoms with Crippen LogP contribution in [-0.2, 0) is 16.1 Å². The number of hydrogen-bond acceptors (Lipinski definition) is 6. The Morgan fingerprint density at radius 3 is 2.61 bits per heavy atom. The van der Waals surface area contributed by atoms with E-state index in [2.05, 4.69) is 10.3 Å². The number of nitrogens with one attached hydrogen (secondary N) is 1. The number of benzene rings is 2. The highest BCUT2D eigenvalue weighted by molar-refractivity contribution is 7.13. The first-order valence-electron chi connectivity index (χ1n) is 8.34. The molecule has 0 saturated carbocycles. The zero-order chi connectivity index (χ0) is 19.9. The first-order chi connectivity index (χ1) is 13.6. The van der Waals surface area contributed by atoms with Crippen molar-refractivity contribution in [3.63, 3.8) is 0 Å². The lowest BCUT2D eigenvalue weighted by Gasteiger charge is -2.07. The van der Waals surface area contributed by atoms with Crippen LogP contribution >= 0.6 is 22.9 Å². The Morgan fingerprint density at radius 2 is 1.89 bits per heavy atom. The molecule has 0 fully saturated rings.